The number of amides is 3. The lowest BCUT2D eigenvalue weighted by atomic mass is 9.88. The molecule has 0 aliphatic carbocycles. The second-order valence-corrected chi connectivity index (χ2v) is 7.82. The van der Waals surface area contributed by atoms with E-state index in [4.69, 9.17) is 0 Å². The monoisotopic (exact) mass is 429 g/mol. The van der Waals surface area contributed by atoms with Crippen molar-refractivity contribution in [1.82, 2.24) is 10.6 Å². The molecule has 3 N–H and O–H groups in total. The average molecular weight is 430 g/mol. The zero-order chi connectivity index (χ0) is 22.8. The summed E-state index contributed by atoms with van der Waals surface area (Å²) in [6, 6.07) is 27.2. The number of anilines is 1. The molecule has 0 fully saturated rings. The molecule has 0 aliphatic rings. The number of urea groups is 1. The smallest absolute Gasteiger partial charge is 0.319 e. The fraction of sp³-hybridized carbons (Fsp3) is 0.259. The number of hydrogen-bond donors (Lipinski definition) is 3. The molecule has 0 bridgehead atoms. The third kappa shape index (κ3) is 6.71. The van der Waals surface area contributed by atoms with Crippen LogP contribution in [0.15, 0.2) is 84.9 Å². The van der Waals surface area contributed by atoms with E-state index in [1.165, 1.54) is 16.7 Å². The first-order chi connectivity index (χ1) is 15.6. The van der Waals surface area contributed by atoms with Crippen molar-refractivity contribution in [1.29, 1.82) is 0 Å². The van der Waals surface area contributed by atoms with Gasteiger partial charge in [0.25, 0.3) is 0 Å². The van der Waals surface area contributed by atoms with Crippen LogP contribution < -0.4 is 16.0 Å². The molecule has 3 amide bonds. The molecule has 0 aromatic heterocycles. The summed E-state index contributed by atoms with van der Waals surface area (Å²) in [6.45, 7) is 4.28. The summed E-state index contributed by atoms with van der Waals surface area (Å²) < 4.78 is 0. The van der Waals surface area contributed by atoms with Crippen molar-refractivity contribution in [2.45, 2.75) is 38.6 Å². The second kappa shape index (κ2) is 11.7. The van der Waals surface area contributed by atoms with Crippen LogP contribution in [0.25, 0.3) is 0 Å². The lowest BCUT2D eigenvalue weighted by Crippen LogP contribution is -2.46. The first kappa shape index (κ1) is 23.1. The molecule has 0 radical (unpaired) electrons. The van der Waals surface area contributed by atoms with E-state index in [2.05, 4.69) is 47.1 Å². The van der Waals surface area contributed by atoms with Crippen molar-refractivity contribution in [3.8, 4) is 0 Å². The summed E-state index contributed by atoms with van der Waals surface area (Å²) in [4.78, 5) is 24.7. The van der Waals surface area contributed by atoms with Crippen LogP contribution in [0.3, 0.4) is 0 Å². The summed E-state index contributed by atoms with van der Waals surface area (Å²) in [7, 11) is 0. The number of carbonyl (C=O) groups excluding carboxylic acids is 2. The molecular formula is C27H31N3O2. The number of aryl methyl sites for hydroxylation is 1. The summed E-state index contributed by atoms with van der Waals surface area (Å²) in [5.74, 6) is -0.0169. The maximum atomic E-state index is 12.5. The lowest BCUT2D eigenvalue weighted by Gasteiger charge is -2.20. The highest BCUT2D eigenvalue weighted by Crippen LogP contribution is 2.27. The summed E-state index contributed by atoms with van der Waals surface area (Å²) in [5.41, 5.74) is 4.33. The highest BCUT2D eigenvalue weighted by Gasteiger charge is 2.17. The van der Waals surface area contributed by atoms with Crippen LogP contribution in [0.5, 0.6) is 0 Å². The van der Waals surface area contributed by atoms with Gasteiger partial charge in [0.15, 0.2) is 0 Å². The molecule has 1 atom stereocenters. The van der Waals surface area contributed by atoms with Crippen molar-refractivity contribution >= 4 is 17.6 Å². The molecule has 166 valence electrons. The Morgan fingerprint density at radius 1 is 0.812 bits per heavy atom. The van der Waals surface area contributed by atoms with Gasteiger partial charge in [0.2, 0.25) is 5.91 Å². The molecule has 0 saturated carbocycles. The van der Waals surface area contributed by atoms with E-state index in [0.717, 1.165) is 12.8 Å². The minimum atomic E-state index is -0.642. The van der Waals surface area contributed by atoms with E-state index < -0.39 is 12.1 Å². The molecule has 0 aliphatic heterocycles. The molecular weight excluding hydrogens is 398 g/mol. The maximum absolute atomic E-state index is 12.5. The van der Waals surface area contributed by atoms with Gasteiger partial charge in [-0.2, -0.15) is 0 Å². The van der Waals surface area contributed by atoms with Crippen molar-refractivity contribution in [2.75, 3.05) is 11.9 Å². The first-order valence-electron chi connectivity index (χ1n) is 11.1. The van der Waals surface area contributed by atoms with Crippen molar-refractivity contribution < 1.29 is 9.59 Å². The number of hydrogen-bond acceptors (Lipinski definition) is 2. The molecule has 5 nitrogen and oxygen atoms in total. The number of benzene rings is 3. The molecule has 3 aromatic rings. The van der Waals surface area contributed by atoms with Crippen LogP contribution in [0, 0.1) is 0 Å². The number of rotatable bonds is 9. The molecule has 3 aromatic carbocycles. The predicted molar refractivity (Wildman–Crippen MR) is 130 cm³/mol. The molecule has 0 saturated heterocycles. The van der Waals surface area contributed by atoms with Crippen molar-refractivity contribution in [3.63, 3.8) is 0 Å². The van der Waals surface area contributed by atoms with Gasteiger partial charge in [-0.05, 0) is 48.6 Å². The van der Waals surface area contributed by atoms with Crippen LogP contribution in [0.2, 0.25) is 0 Å². The Labute approximate surface area is 190 Å². The summed E-state index contributed by atoms with van der Waals surface area (Å²) in [6.07, 6.45) is 1.71. The fourth-order valence-corrected chi connectivity index (χ4v) is 3.64. The van der Waals surface area contributed by atoms with Gasteiger partial charge >= 0.3 is 6.03 Å². The zero-order valence-corrected chi connectivity index (χ0v) is 18.7. The second-order valence-electron chi connectivity index (χ2n) is 7.82. The van der Waals surface area contributed by atoms with Gasteiger partial charge in [0.05, 0.1) is 0 Å². The van der Waals surface area contributed by atoms with E-state index in [1.807, 2.05) is 60.7 Å². The minimum Gasteiger partial charge on any atom is -0.354 e. The molecule has 3 rings (SSSR count). The van der Waals surface area contributed by atoms with Crippen LogP contribution in [-0.2, 0) is 11.2 Å². The summed E-state index contributed by atoms with van der Waals surface area (Å²) in [5, 5.41) is 8.42. The van der Waals surface area contributed by atoms with Crippen LogP contribution >= 0.6 is 0 Å². The molecule has 32 heavy (non-hydrogen) atoms. The minimum absolute atomic E-state index is 0.190. The Kier molecular flexibility index (Phi) is 8.44. The first-order valence-corrected chi connectivity index (χ1v) is 11.1. The average Bonchev–Trinajstić information content (AvgIpc) is 2.83. The standard InChI is InChI=1S/C27H31N3O2/c1-3-21-14-16-24(17-15-21)30-27(32)29-20(2)26(31)28-19-18-25(22-10-6-4-7-11-22)23-12-8-5-9-13-23/h4-17,20,25H,3,18-19H2,1-2H3,(H,28,31)(H2,29,30,32). The van der Waals surface area contributed by atoms with Gasteiger partial charge in [-0.1, -0.05) is 79.7 Å². The predicted octanol–water partition coefficient (Wildman–Crippen LogP) is 5.10. The van der Waals surface area contributed by atoms with E-state index >= 15 is 0 Å². The largest absolute Gasteiger partial charge is 0.354 e. The van der Waals surface area contributed by atoms with Crippen molar-refractivity contribution in [3.05, 3.63) is 102 Å². The van der Waals surface area contributed by atoms with Gasteiger partial charge < -0.3 is 16.0 Å². The Morgan fingerprint density at radius 2 is 1.38 bits per heavy atom. The van der Waals surface area contributed by atoms with Crippen molar-refractivity contribution in [2.24, 2.45) is 0 Å². The van der Waals surface area contributed by atoms with Crippen LogP contribution in [0.4, 0.5) is 10.5 Å². The van der Waals surface area contributed by atoms with Gasteiger partial charge in [-0.15, -0.1) is 0 Å². The van der Waals surface area contributed by atoms with E-state index in [-0.39, 0.29) is 11.8 Å². The molecule has 0 spiro atoms. The Morgan fingerprint density at radius 3 is 1.91 bits per heavy atom. The Hall–Kier alpha value is -3.60. The van der Waals surface area contributed by atoms with Gasteiger partial charge in [-0.3, -0.25) is 4.79 Å². The third-order valence-electron chi connectivity index (χ3n) is 5.50. The van der Waals surface area contributed by atoms with Gasteiger partial charge in [0.1, 0.15) is 6.04 Å². The lowest BCUT2D eigenvalue weighted by molar-refractivity contribution is -0.122. The van der Waals surface area contributed by atoms with E-state index in [1.54, 1.807) is 6.92 Å². The maximum Gasteiger partial charge on any atom is 0.319 e. The molecule has 5 heteroatoms. The Bertz CT molecular complexity index is 949. The van der Waals surface area contributed by atoms with Crippen LogP contribution in [0.1, 0.15) is 42.9 Å². The third-order valence-corrected chi connectivity index (χ3v) is 5.50. The molecule has 0 heterocycles. The zero-order valence-electron chi connectivity index (χ0n) is 18.7. The Balaban J connectivity index is 1.50. The SMILES string of the molecule is CCc1ccc(NC(=O)NC(C)C(=O)NCCC(c2ccccc2)c2ccccc2)cc1. The molecule has 1 unspecified atom stereocenters. The highest BCUT2D eigenvalue weighted by atomic mass is 16.2. The quantitative estimate of drug-likeness (QED) is 0.443. The normalized spacial score (nSPS) is 11.6. The van der Waals surface area contributed by atoms with Gasteiger partial charge in [-0.25, -0.2) is 4.79 Å². The fourth-order valence-electron chi connectivity index (χ4n) is 3.64. The van der Waals surface area contributed by atoms with E-state index in [0.29, 0.717) is 12.2 Å². The van der Waals surface area contributed by atoms with Crippen LogP contribution in [-0.4, -0.2) is 24.5 Å². The van der Waals surface area contributed by atoms with Gasteiger partial charge in [0, 0.05) is 18.2 Å². The summed E-state index contributed by atoms with van der Waals surface area (Å²) >= 11 is 0. The topological polar surface area (TPSA) is 70.2 Å². The number of nitrogens with one attached hydrogen (secondary N) is 3. The number of carbonyl (C=O) groups is 2. The highest BCUT2D eigenvalue weighted by molar-refractivity contribution is 5.93. The van der Waals surface area contributed by atoms with E-state index in [9.17, 15) is 9.59 Å².